The molecule has 0 bridgehead atoms. The van der Waals surface area contributed by atoms with Gasteiger partial charge in [-0.1, -0.05) is 18.0 Å². The van der Waals surface area contributed by atoms with Crippen LogP contribution in [0.5, 0.6) is 0 Å². The van der Waals surface area contributed by atoms with Crippen LogP contribution in [0.15, 0.2) is 18.3 Å². The van der Waals surface area contributed by atoms with Crippen molar-refractivity contribution in [2.45, 2.75) is 38.1 Å². The molecule has 1 aromatic heterocycles. The van der Waals surface area contributed by atoms with E-state index in [-0.39, 0.29) is 5.91 Å². The van der Waals surface area contributed by atoms with Gasteiger partial charge in [-0.2, -0.15) is 0 Å². The number of hydrogen-bond donors (Lipinski definition) is 2. The molecule has 2 heterocycles. The highest BCUT2D eigenvalue weighted by Gasteiger charge is 2.14. The average Bonchev–Trinajstić information content (AvgIpc) is 2.40. The van der Waals surface area contributed by atoms with E-state index in [4.69, 9.17) is 11.6 Å². The van der Waals surface area contributed by atoms with Gasteiger partial charge < -0.3 is 10.6 Å². The summed E-state index contributed by atoms with van der Waals surface area (Å²) in [5.74, 6) is 0.420. The summed E-state index contributed by atoms with van der Waals surface area (Å²) in [4.78, 5) is 15.8. The molecule has 1 unspecified atom stereocenters. The summed E-state index contributed by atoms with van der Waals surface area (Å²) in [6, 6.07) is 3.93. The Balaban J connectivity index is 1.76. The molecular formula is C13H18ClN3O. The second-order valence-corrected chi connectivity index (χ2v) is 4.97. The highest BCUT2D eigenvalue weighted by Crippen LogP contribution is 2.18. The zero-order chi connectivity index (χ0) is 12.8. The summed E-state index contributed by atoms with van der Waals surface area (Å²) < 4.78 is 0. The van der Waals surface area contributed by atoms with Crippen LogP contribution in [0.2, 0.25) is 5.02 Å². The number of carbonyl (C=O) groups is 1. The van der Waals surface area contributed by atoms with Gasteiger partial charge in [-0.25, -0.2) is 4.98 Å². The van der Waals surface area contributed by atoms with Crippen molar-refractivity contribution in [3.05, 3.63) is 23.4 Å². The summed E-state index contributed by atoms with van der Waals surface area (Å²) in [5.41, 5.74) is 0. The van der Waals surface area contributed by atoms with E-state index in [1.54, 1.807) is 18.3 Å². The third kappa shape index (κ3) is 3.96. The van der Waals surface area contributed by atoms with Gasteiger partial charge in [0.15, 0.2) is 5.82 Å². The maximum absolute atomic E-state index is 11.8. The van der Waals surface area contributed by atoms with Crippen molar-refractivity contribution in [2.24, 2.45) is 0 Å². The maximum atomic E-state index is 11.8. The van der Waals surface area contributed by atoms with Crippen molar-refractivity contribution in [1.82, 2.24) is 10.3 Å². The number of carbonyl (C=O) groups excluding carboxylic acids is 1. The second-order valence-electron chi connectivity index (χ2n) is 4.57. The monoisotopic (exact) mass is 267 g/mol. The first-order valence-corrected chi connectivity index (χ1v) is 6.77. The normalized spacial score (nSPS) is 19.5. The number of halogens is 1. The molecule has 0 saturated carbocycles. The molecule has 0 aromatic carbocycles. The largest absolute Gasteiger partial charge is 0.314 e. The first-order chi connectivity index (χ1) is 8.75. The number of anilines is 1. The molecule has 2 rings (SSSR count). The van der Waals surface area contributed by atoms with Crippen molar-refractivity contribution in [2.75, 3.05) is 11.9 Å². The van der Waals surface area contributed by atoms with Crippen LogP contribution in [0.4, 0.5) is 5.82 Å². The SMILES string of the molecule is O=C(CCC1CCCCN1)Nc1ncccc1Cl. The number of amides is 1. The van der Waals surface area contributed by atoms with Crippen LogP contribution in [-0.4, -0.2) is 23.5 Å². The predicted molar refractivity (Wildman–Crippen MR) is 72.8 cm³/mol. The Hall–Kier alpha value is -1.13. The Morgan fingerprint density at radius 3 is 3.17 bits per heavy atom. The van der Waals surface area contributed by atoms with E-state index in [2.05, 4.69) is 15.6 Å². The van der Waals surface area contributed by atoms with Gasteiger partial charge in [0.1, 0.15) is 0 Å². The molecule has 1 aliphatic rings. The predicted octanol–water partition coefficient (Wildman–Crippen LogP) is 2.60. The molecule has 0 radical (unpaired) electrons. The van der Waals surface area contributed by atoms with E-state index >= 15 is 0 Å². The first-order valence-electron chi connectivity index (χ1n) is 6.39. The van der Waals surface area contributed by atoms with Crippen molar-refractivity contribution < 1.29 is 4.79 Å². The molecule has 18 heavy (non-hydrogen) atoms. The minimum atomic E-state index is -0.0250. The van der Waals surface area contributed by atoms with Crippen LogP contribution < -0.4 is 10.6 Å². The van der Waals surface area contributed by atoms with Crippen LogP contribution in [0.25, 0.3) is 0 Å². The van der Waals surface area contributed by atoms with Crippen LogP contribution in [-0.2, 0) is 4.79 Å². The minimum Gasteiger partial charge on any atom is -0.314 e. The van der Waals surface area contributed by atoms with E-state index in [1.165, 1.54) is 12.8 Å². The third-order valence-electron chi connectivity index (χ3n) is 3.15. The molecule has 5 heteroatoms. The average molecular weight is 268 g/mol. The fourth-order valence-electron chi connectivity index (χ4n) is 2.15. The molecule has 1 fully saturated rings. The van der Waals surface area contributed by atoms with Crippen molar-refractivity contribution in [3.8, 4) is 0 Å². The molecule has 1 saturated heterocycles. The number of aromatic nitrogens is 1. The van der Waals surface area contributed by atoms with Gasteiger partial charge in [0.05, 0.1) is 5.02 Å². The van der Waals surface area contributed by atoms with Gasteiger partial charge >= 0.3 is 0 Å². The number of rotatable bonds is 4. The summed E-state index contributed by atoms with van der Waals surface area (Å²) in [5, 5.41) is 6.64. The minimum absolute atomic E-state index is 0.0250. The van der Waals surface area contributed by atoms with Gasteiger partial charge in [0.25, 0.3) is 0 Å². The summed E-state index contributed by atoms with van der Waals surface area (Å²) in [7, 11) is 0. The smallest absolute Gasteiger partial charge is 0.225 e. The van der Waals surface area contributed by atoms with Gasteiger partial charge in [0.2, 0.25) is 5.91 Å². The van der Waals surface area contributed by atoms with Gasteiger partial charge in [-0.3, -0.25) is 4.79 Å². The molecule has 1 aliphatic heterocycles. The lowest BCUT2D eigenvalue weighted by Gasteiger charge is -2.23. The first kappa shape index (κ1) is 13.3. The number of nitrogens with zero attached hydrogens (tertiary/aromatic N) is 1. The Bertz CT molecular complexity index is 405. The molecule has 1 amide bonds. The zero-order valence-electron chi connectivity index (χ0n) is 10.3. The van der Waals surface area contributed by atoms with E-state index in [0.29, 0.717) is 23.3 Å². The number of piperidine rings is 1. The van der Waals surface area contributed by atoms with Gasteiger partial charge in [-0.15, -0.1) is 0 Å². The van der Waals surface area contributed by atoms with Crippen molar-refractivity contribution >= 4 is 23.3 Å². The Kier molecular flexibility index (Phi) is 4.96. The molecule has 1 atom stereocenters. The Morgan fingerprint density at radius 1 is 1.56 bits per heavy atom. The topological polar surface area (TPSA) is 54.0 Å². The van der Waals surface area contributed by atoms with Crippen LogP contribution in [0.3, 0.4) is 0 Å². The molecule has 0 spiro atoms. The van der Waals surface area contributed by atoms with Gasteiger partial charge in [-0.05, 0) is 37.9 Å². The second kappa shape index (κ2) is 6.71. The fraction of sp³-hybridized carbons (Fsp3) is 0.538. The van der Waals surface area contributed by atoms with Crippen molar-refractivity contribution in [3.63, 3.8) is 0 Å². The van der Waals surface area contributed by atoms with E-state index in [9.17, 15) is 4.79 Å². The van der Waals surface area contributed by atoms with Crippen LogP contribution >= 0.6 is 11.6 Å². The maximum Gasteiger partial charge on any atom is 0.225 e. The molecule has 0 aliphatic carbocycles. The lowest BCUT2D eigenvalue weighted by molar-refractivity contribution is -0.116. The number of hydrogen-bond acceptors (Lipinski definition) is 3. The molecule has 1 aromatic rings. The number of pyridine rings is 1. The van der Waals surface area contributed by atoms with E-state index in [1.807, 2.05) is 0 Å². The zero-order valence-corrected chi connectivity index (χ0v) is 11.0. The molecule has 98 valence electrons. The standard InChI is InChI=1S/C13H18ClN3O/c14-11-5-3-9-16-13(11)17-12(18)7-6-10-4-1-2-8-15-10/h3,5,9-10,15H,1-2,4,6-8H2,(H,16,17,18). The lowest BCUT2D eigenvalue weighted by Crippen LogP contribution is -2.34. The lowest BCUT2D eigenvalue weighted by atomic mass is 10.0. The quantitative estimate of drug-likeness (QED) is 0.882. The fourth-order valence-corrected chi connectivity index (χ4v) is 2.32. The summed E-state index contributed by atoms with van der Waals surface area (Å²) in [6.07, 6.45) is 6.65. The molecule has 2 N–H and O–H groups in total. The molecule has 4 nitrogen and oxygen atoms in total. The summed E-state index contributed by atoms with van der Waals surface area (Å²) >= 11 is 5.93. The van der Waals surface area contributed by atoms with E-state index < -0.39 is 0 Å². The Labute approximate surface area is 112 Å². The van der Waals surface area contributed by atoms with Crippen molar-refractivity contribution in [1.29, 1.82) is 0 Å². The molecular weight excluding hydrogens is 250 g/mol. The van der Waals surface area contributed by atoms with Crippen LogP contribution in [0, 0.1) is 0 Å². The number of nitrogens with one attached hydrogen (secondary N) is 2. The summed E-state index contributed by atoms with van der Waals surface area (Å²) in [6.45, 7) is 1.07. The Morgan fingerprint density at radius 2 is 2.44 bits per heavy atom. The van der Waals surface area contributed by atoms with E-state index in [0.717, 1.165) is 19.4 Å². The van der Waals surface area contributed by atoms with Crippen LogP contribution in [0.1, 0.15) is 32.1 Å². The highest BCUT2D eigenvalue weighted by molar-refractivity contribution is 6.33. The van der Waals surface area contributed by atoms with Gasteiger partial charge in [0, 0.05) is 18.7 Å². The third-order valence-corrected chi connectivity index (χ3v) is 3.45. The highest BCUT2D eigenvalue weighted by atomic mass is 35.5.